The van der Waals surface area contributed by atoms with E-state index in [0.29, 0.717) is 0 Å². The molecule has 0 aliphatic carbocycles. The van der Waals surface area contributed by atoms with Crippen molar-refractivity contribution >= 4 is 23.1 Å². The van der Waals surface area contributed by atoms with Gasteiger partial charge in [-0.15, -0.1) is 11.3 Å². The Morgan fingerprint density at radius 3 is 2.46 bits per heavy atom. The molecule has 1 heterocycles. The standard InChI is InChI=1S/C8H13NS2.C2H6/c1-4-7-8(5-10-3)11-6(2)9-7;1-2/h4-5H2,1-3H3;1-2H3. The molecule has 0 amide bonds. The van der Waals surface area contributed by atoms with Gasteiger partial charge in [0.25, 0.3) is 0 Å². The monoisotopic (exact) mass is 217 g/mol. The van der Waals surface area contributed by atoms with E-state index in [2.05, 4.69) is 25.1 Å². The zero-order chi connectivity index (χ0) is 10.3. The molecule has 0 bridgehead atoms. The molecular weight excluding hydrogens is 198 g/mol. The average molecular weight is 217 g/mol. The summed E-state index contributed by atoms with van der Waals surface area (Å²) in [4.78, 5) is 5.91. The van der Waals surface area contributed by atoms with Crippen molar-refractivity contribution in [1.82, 2.24) is 4.98 Å². The predicted molar refractivity (Wildman–Crippen MR) is 64.8 cm³/mol. The second kappa shape index (κ2) is 7.39. The number of aromatic nitrogens is 1. The Balaban J connectivity index is 0.000000671. The van der Waals surface area contributed by atoms with Crippen molar-refractivity contribution in [3.05, 3.63) is 15.6 Å². The fourth-order valence-electron chi connectivity index (χ4n) is 1.03. The van der Waals surface area contributed by atoms with Gasteiger partial charge in [0.1, 0.15) is 0 Å². The Labute approximate surface area is 90.0 Å². The maximum absolute atomic E-state index is 4.45. The minimum atomic E-state index is 1.07. The number of hydrogen-bond donors (Lipinski definition) is 0. The summed E-state index contributed by atoms with van der Waals surface area (Å²) in [7, 11) is 0. The van der Waals surface area contributed by atoms with Crippen molar-refractivity contribution in [2.45, 2.75) is 39.9 Å². The number of rotatable bonds is 3. The lowest BCUT2D eigenvalue weighted by atomic mass is 10.3. The maximum Gasteiger partial charge on any atom is 0.0900 e. The van der Waals surface area contributed by atoms with Crippen LogP contribution in [-0.2, 0) is 12.2 Å². The van der Waals surface area contributed by atoms with Gasteiger partial charge in [-0.1, -0.05) is 20.8 Å². The van der Waals surface area contributed by atoms with Gasteiger partial charge in [-0.3, -0.25) is 0 Å². The molecule has 0 saturated heterocycles. The van der Waals surface area contributed by atoms with Gasteiger partial charge in [0, 0.05) is 10.6 Å². The Morgan fingerprint density at radius 1 is 1.38 bits per heavy atom. The van der Waals surface area contributed by atoms with Crippen molar-refractivity contribution in [3.63, 3.8) is 0 Å². The van der Waals surface area contributed by atoms with E-state index in [1.807, 2.05) is 36.9 Å². The summed E-state index contributed by atoms with van der Waals surface area (Å²) in [6.07, 6.45) is 3.20. The quantitative estimate of drug-likeness (QED) is 0.761. The third-order valence-corrected chi connectivity index (χ3v) is 3.27. The lowest BCUT2D eigenvalue weighted by Gasteiger charge is -1.94. The Morgan fingerprint density at radius 2 is 2.00 bits per heavy atom. The van der Waals surface area contributed by atoms with Crippen molar-refractivity contribution in [3.8, 4) is 0 Å². The van der Waals surface area contributed by atoms with E-state index in [4.69, 9.17) is 0 Å². The topological polar surface area (TPSA) is 12.9 Å². The number of nitrogens with zero attached hydrogens (tertiary/aromatic N) is 1. The molecule has 0 atom stereocenters. The lowest BCUT2D eigenvalue weighted by Crippen LogP contribution is -1.85. The fourth-order valence-corrected chi connectivity index (χ4v) is 2.87. The molecule has 0 unspecified atom stereocenters. The smallest absolute Gasteiger partial charge is 0.0900 e. The molecule has 1 nitrogen and oxygen atoms in total. The van der Waals surface area contributed by atoms with E-state index in [9.17, 15) is 0 Å². The van der Waals surface area contributed by atoms with Gasteiger partial charge in [0.2, 0.25) is 0 Å². The predicted octanol–water partition coefficient (Wildman–Crippen LogP) is 3.90. The summed E-state index contributed by atoms with van der Waals surface area (Å²) in [6, 6.07) is 0. The number of thioether (sulfide) groups is 1. The summed E-state index contributed by atoms with van der Waals surface area (Å²) in [6.45, 7) is 8.24. The molecule has 0 fully saturated rings. The summed E-state index contributed by atoms with van der Waals surface area (Å²) < 4.78 is 0. The van der Waals surface area contributed by atoms with Gasteiger partial charge < -0.3 is 0 Å². The van der Waals surface area contributed by atoms with Crippen LogP contribution >= 0.6 is 23.1 Å². The van der Waals surface area contributed by atoms with Crippen molar-refractivity contribution in [2.24, 2.45) is 0 Å². The Hall–Kier alpha value is -0.0200. The van der Waals surface area contributed by atoms with Gasteiger partial charge >= 0.3 is 0 Å². The third kappa shape index (κ3) is 4.14. The van der Waals surface area contributed by atoms with E-state index in [1.165, 1.54) is 15.6 Å². The molecule has 0 radical (unpaired) electrons. The van der Waals surface area contributed by atoms with Crippen LogP contribution in [0.2, 0.25) is 0 Å². The van der Waals surface area contributed by atoms with Crippen molar-refractivity contribution < 1.29 is 0 Å². The third-order valence-electron chi connectivity index (χ3n) is 1.50. The first kappa shape index (κ1) is 13.0. The molecule has 0 N–H and O–H groups in total. The number of hydrogen-bond acceptors (Lipinski definition) is 3. The summed E-state index contributed by atoms with van der Waals surface area (Å²) >= 11 is 3.70. The van der Waals surface area contributed by atoms with Crippen LogP contribution in [0.25, 0.3) is 0 Å². The van der Waals surface area contributed by atoms with Gasteiger partial charge in [-0.2, -0.15) is 11.8 Å². The highest BCUT2D eigenvalue weighted by molar-refractivity contribution is 7.97. The molecule has 0 aromatic carbocycles. The normalized spacial score (nSPS) is 9.31. The molecule has 0 saturated carbocycles. The van der Waals surface area contributed by atoms with Crippen LogP contribution in [-0.4, -0.2) is 11.2 Å². The zero-order valence-electron chi connectivity index (χ0n) is 9.18. The highest BCUT2D eigenvalue weighted by Crippen LogP contribution is 2.22. The van der Waals surface area contributed by atoms with E-state index in [0.717, 1.165) is 12.2 Å². The Bertz CT molecular complexity index is 231. The second-order valence-electron chi connectivity index (χ2n) is 2.39. The van der Waals surface area contributed by atoms with E-state index < -0.39 is 0 Å². The van der Waals surface area contributed by atoms with Crippen molar-refractivity contribution in [2.75, 3.05) is 6.26 Å². The first-order valence-electron chi connectivity index (χ1n) is 4.72. The molecule has 0 aliphatic rings. The maximum atomic E-state index is 4.45. The SMILES string of the molecule is CC.CCc1nc(C)sc1CSC. The van der Waals surface area contributed by atoms with Crippen LogP contribution in [0.15, 0.2) is 0 Å². The van der Waals surface area contributed by atoms with E-state index in [-0.39, 0.29) is 0 Å². The molecule has 0 spiro atoms. The van der Waals surface area contributed by atoms with Gasteiger partial charge in [0.15, 0.2) is 0 Å². The molecule has 0 aliphatic heterocycles. The van der Waals surface area contributed by atoms with Crippen molar-refractivity contribution in [1.29, 1.82) is 0 Å². The highest BCUT2D eigenvalue weighted by Gasteiger charge is 2.05. The minimum absolute atomic E-state index is 1.07. The van der Waals surface area contributed by atoms with Gasteiger partial charge in [-0.05, 0) is 19.6 Å². The summed E-state index contributed by atoms with van der Waals surface area (Å²) in [5.74, 6) is 1.12. The average Bonchev–Trinajstić information content (AvgIpc) is 2.50. The minimum Gasteiger partial charge on any atom is -0.246 e. The molecular formula is C10H19NS2. The molecule has 1 aromatic heterocycles. The molecule has 3 heteroatoms. The van der Waals surface area contributed by atoms with E-state index in [1.54, 1.807) is 0 Å². The zero-order valence-corrected chi connectivity index (χ0v) is 10.8. The van der Waals surface area contributed by atoms with E-state index >= 15 is 0 Å². The number of aryl methyl sites for hydroxylation is 2. The molecule has 1 rings (SSSR count). The molecule has 13 heavy (non-hydrogen) atoms. The van der Waals surface area contributed by atoms with Crippen LogP contribution in [0, 0.1) is 6.92 Å². The van der Waals surface area contributed by atoms with Gasteiger partial charge in [0.05, 0.1) is 10.7 Å². The summed E-state index contributed by atoms with van der Waals surface area (Å²) in [5.41, 5.74) is 1.29. The summed E-state index contributed by atoms with van der Waals surface area (Å²) in [5, 5.41) is 1.20. The fraction of sp³-hybridized carbons (Fsp3) is 0.700. The first-order valence-corrected chi connectivity index (χ1v) is 6.93. The second-order valence-corrected chi connectivity index (χ2v) is 4.54. The number of thiazole rings is 1. The van der Waals surface area contributed by atoms with Crippen LogP contribution < -0.4 is 0 Å². The van der Waals surface area contributed by atoms with Crippen LogP contribution in [0.4, 0.5) is 0 Å². The first-order chi connectivity index (χ1) is 6.27. The largest absolute Gasteiger partial charge is 0.246 e. The molecule has 76 valence electrons. The van der Waals surface area contributed by atoms with Gasteiger partial charge in [-0.25, -0.2) is 4.98 Å². The van der Waals surface area contributed by atoms with Crippen LogP contribution in [0.1, 0.15) is 36.3 Å². The Kier molecular flexibility index (Phi) is 7.38. The van der Waals surface area contributed by atoms with Crippen LogP contribution in [0.5, 0.6) is 0 Å². The lowest BCUT2D eigenvalue weighted by molar-refractivity contribution is 1.02. The molecule has 1 aromatic rings. The highest BCUT2D eigenvalue weighted by atomic mass is 32.2. The van der Waals surface area contributed by atoms with Crippen LogP contribution in [0.3, 0.4) is 0 Å².